The van der Waals surface area contributed by atoms with E-state index in [4.69, 9.17) is 0 Å². The fraction of sp³-hybridized carbons (Fsp3) is 0.118. The minimum absolute atomic E-state index is 0.0682. The quantitative estimate of drug-likeness (QED) is 0.732. The number of aromatic nitrogens is 3. The van der Waals surface area contributed by atoms with Crippen molar-refractivity contribution >= 4 is 23.4 Å². The van der Waals surface area contributed by atoms with Crippen molar-refractivity contribution < 1.29 is 4.79 Å². The average molecular weight is 324 g/mol. The Morgan fingerprint density at radius 2 is 1.87 bits per heavy atom. The molecule has 0 radical (unpaired) electrons. The van der Waals surface area contributed by atoms with Crippen molar-refractivity contribution in [1.82, 2.24) is 14.8 Å². The van der Waals surface area contributed by atoms with Gasteiger partial charge in [-0.15, -0.1) is 10.2 Å². The van der Waals surface area contributed by atoms with Crippen LogP contribution in [0.4, 0.5) is 5.69 Å². The number of thioether (sulfide) groups is 1. The Labute approximate surface area is 138 Å². The summed E-state index contributed by atoms with van der Waals surface area (Å²) in [5.74, 6) is 0.219. The first-order valence-electron chi connectivity index (χ1n) is 7.15. The summed E-state index contributed by atoms with van der Waals surface area (Å²) in [5, 5.41) is 11.4. The van der Waals surface area contributed by atoms with Gasteiger partial charge >= 0.3 is 0 Å². The Bertz CT molecular complexity index is 801. The Morgan fingerprint density at radius 1 is 1.13 bits per heavy atom. The number of carbonyl (C=O) groups excluding carboxylic acids is 1. The number of rotatable bonds is 5. The summed E-state index contributed by atoms with van der Waals surface area (Å²) in [6.07, 6.45) is 1.62. The molecule has 1 heterocycles. The van der Waals surface area contributed by atoms with Crippen molar-refractivity contribution in [3.8, 4) is 11.1 Å². The monoisotopic (exact) mass is 324 g/mol. The van der Waals surface area contributed by atoms with E-state index in [0.29, 0.717) is 0 Å². The maximum Gasteiger partial charge on any atom is 0.234 e. The first-order valence-corrected chi connectivity index (χ1v) is 8.13. The SMILES string of the molecule is Cn1cnnc1SCC(=O)Nc1ccccc1-c1ccccc1. The van der Waals surface area contributed by atoms with Gasteiger partial charge in [-0.1, -0.05) is 60.3 Å². The van der Waals surface area contributed by atoms with E-state index >= 15 is 0 Å². The predicted octanol–water partition coefficient (Wildman–Crippen LogP) is 3.21. The van der Waals surface area contributed by atoms with Gasteiger partial charge in [-0.2, -0.15) is 0 Å². The van der Waals surface area contributed by atoms with E-state index in [0.717, 1.165) is 22.0 Å². The molecule has 0 spiro atoms. The second-order valence-corrected chi connectivity index (χ2v) is 5.92. The molecule has 0 bridgehead atoms. The van der Waals surface area contributed by atoms with Gasteiger partial charge in [0, 0.05) is 18.3 Å². The summed E-state index contributed by atoms with van der Waals surface area (Å²) < 4.78 is 1.79. The van der Waals surface area contributed by atoms with E-state index in [-0.39, 0.29) is 11.7 Å². The molecule has 0 aliphatic carbocycles. The summed E-state index contributed by atoms with van der Waals surface area (Å²) in [6.45, 7) is 0. The zero-order valence-electron chi connectivity index (χ0n) is 12.6. The number of nitrogens with one attached hydrogen (secondary N) is 1. The molecule has 0 fully saturated rings. The van der Waals surface area contributed by atoms with Crippen LogP contribution in [-0.2, 0) is 11.8 Å². The van der Waals surface area contributed by atoms with Crippen LogP contribution in [0.25, 0.3) is 11.1 Å². The Morgan fingerprint density at radius 3 is 2.61 bits per heavy atom. The van der Waals surface area contributed by atoms with Gasteiger partial charge in [-0.05, 0) is 11.6 Å². The van der Waals surface area contributed by atoms with E-state index in [2.05, 4.69) is 15.5 Å². The molecule has 3 aromatic rings. The van der Waals surface area contributed by atoms with Crippen molar-refractivity contribution in [2.45, 2.75) is 5.16 Å². The lowest BCUT2D eigenvalue weighted by atomic mass is 10.0. The van der Waals surface area contributed by atoms with Gasteiger partial charge in [0.25, 0.3) is 0 Å². The Hall–Kier alpha value is -2.60. The number of benzene rings is 2. The largest absolute Gasteiger partial charge is 0.325 e. The minimum atomic E-state index is -0.0682. The fourth-order valence-electron chi connectivity index (χ4n) is 2.18. The highest BCUT2D eigenvalue weighted by atomic mass is 32.2. The smallest absolute Gasteiger partial charge is 0.234 e. The van der Waals surface area contributed by atoms with E-state index in [1.54, 1.807) is 10.9 Å². The predicted molar refractivity (Wildman–Crippen MR) is 92.2 cm³/mol. The standard InChI is InChI=1S/C17H16N4OS/c1-21-12-18-20-17(21)23-11-16(22)19-15-10-6-5-9-14(15)13-7-3-2-4-8-13/h2-10,12H,11H2,1H3,(H,19,22). The van der Waals surface area contributed by atoms with Gasteiger partial charge in [0.1, 0.15) is 6.33 Å². The highest BCUT2D eigenvalue weighted by Gasteiger charge is 2.10. The van der Waals surface area contributed by atoms with Crippen LogP contribution < -0.4 is 5.32 Å². The number of para-hydroxylation sites is 1. The highest BCUT2D eigenvalue weighted by Crippen LogP contribution is 2.27. The highest BCUT2D eigenvalue weighted by molar-refractivity contribution is 7.99. The fourth-order valence-corrected chi connectivity index (χ4v) is 2.87. The summed E-state index contributed by atoms with van der Waals surface area (Å²) in [6, 6.07) is 17.8. The van der Waals surface area contributed by atoms with Gasteiger partial charge in [0.15, 0.2) is 5.16 Å². The molecule has 1 aromatic heterocycles. The number of hydrogen-bond acceptors (Lipinski definition) is 4. The molecule has 0 aliphatic rings. The van der Waals surface area contributed by atoms with Crippen LogP contribution in [0.15, 0.2) is 66.1 Å². The zero-order chi connectivity index (χ0) is 16.1. The molecule has 0 aliphatic heterocycles. The van der Waals surface area contributed by atoms with Crippen LogP contribution in [0.5, 0.6) is 0 Å². The second-order valence-electron chi connectivity index (χ2n) is 4.97. The van der Waals surface area contributed by atoms with Gasteiger partial charge in [0.2, 0.25) is 5.91 Å². The number of carbonyl (C=O) groups is 1. The molecule has 2 aromatic carbocycles. The molecule has 1 amide bonds. The third kappa shape index (κ3) is 3.78. The number of aryl methyl sites for hydroxylation is 1. The van der Waals surface area contributed by atoms with E-state index < -0.39 is 0 Å². The van der Waals surface area contributed by atoms with E-state index in [9.17, 15) is 4.79 Å². The third-order valence-corrected chi connectivity index (χ3v) is 4.32. The number of hydrogen-bond donors (Lipinski definition) is 1. The maximum absolute atomic E-state index is 12.2. The molecule has 116 valence electrons. The van der Waals surface area contributed by atoms with Crippen LogP contribution in [0.3, 0.4) is 0 Å². The number of anilines is 1. The molecular formula is C17H16N4OS. The summed E-state index contributed by atoms with van der Waals surface area (Å²) in [5.41, 5.74) is 2.89. The molecule has 0 saturated heterocycles. The molecule has 23 heavy (non-hydrogen) atoms. The first-order chi connectivity index (χ1) is 11.2. The van der Waals surface area contributed by atoms with Crippen molar-refractivity contribution in [3.05, 3.63) is 60.9 Å². The van der Waals surface area contributed by atoms with E-state index in [1.165, 1.54) is 11.8 Å². The van der Waals surface area contributed by atoms with Gasteiger partial charge in [-0.25, -0.2) is 0 Å². The molecule has 6 heteroatoms. The molecule has 0 saturated carbocycles. The normalized spacial score (nSPS) is 10.5. The number of amides is 1. The Balaban J connectivity index is 1.71. The van der Waals surface area contributed by atoms with Crippen LogP contribution in [-0.4, -0.2) is 26.4 Å². The van der Waals surface area contributed by atoms with Crippen molar-refractivity contribution in [2.24, 2.45) is 7.05 Å². The minimum Gasteiger partial charge on any atom is -0.325 e. The lowest BCUT2D eigenvalue weighted by Crippen LogP contribution is -2.15. The van der Waals surface area contributed by atoms with Crippen molar-refractivity contribution in [2.75, 3.05) is 11.1 Å². The molecule has 0 unspecified atom stereocenters. The average Bonchev–Trinajstić information content (AvgIpc) is 2.99. The Kier molecular flexibility index (Phi) is 4.73. The number of nitrogens with zero attached hydrogens (tertiary/aromatic N) is 3. The lowest BCUT2D eigenvalue weighted by Gasteiger charge is -2.11. The van der Waals surface area contributed by atoms with Gasteiger partial charge in [-0.3, -0.25) is 4.79 Å². The van der Waals surface area contributed by atoms with Crippen LogP contribution in [0.1, 0.15) is 0 Å². The molecule has 0 atom stereocenters. The molecular weight excluding hydrogens is 308 g/mol. The van der Waals surface area contributed by atoms with Crippen molar-refractivity contribution in [1.29, 1.82) is 0 Å². The van der Waals surface area contributed by atoms with Crippen molar-refractivity contribution in [3.63, 3.8) is 0 Å². The van der Waals surface area contributed by atoms with Crippen LogP contribution >= 0.6 is 11.8 Å². The second kappa shape index (κ2) is 7.11. The molecule has 1 N–H and O–H groups in total. The lowest BCUT2D eigenvalue weighted by molar-refractivity contribution is -0.113. The first kappa shape index (κ1) is 15.3. The molecule has 3 rings (SSSR count). The van der Waals surface area contributed by atoms with Gasteiger partial charge < -0.3 is 9.88 Å². The maximum atomic E-state index is 12.2. The topological polar surface area (TPSA) is 59.8 Å². The van der Waals surface area contributed by atoms with Gasteiger partial charge in [0.05, 0.1) is 5.75 Å². The van der Waals surface area contributed by atoms with Crippen LogP contribution in [0, 0.1) is 0 Å². The summed E-state index contributed by atoms with van der Waals surface area (Å²) >= 11 is 1.36. The molecule has 5 nitrogen and oxygen atoms in total. The summed E-state index contributed by atoms with van der Waals surface area (Å²) in [4.78, 5) is 12.2. The zero-order valence-corrected chi connectivity index (χ0v) is 13.5. The van der Waals surface area contributed by atoms with E-state index in [1.807, 2.05) is 61.6 Å². The third-order valence-electron chi connectivity index (χ3n) is 3.29. The van der Waals surface area contributed by atoms with Crippen LogP contribution in [0.2, 0.25) is 0 Å². The summed E-state index contributed by atoms with van der Waals surface area (Å²) in [7, 11) is 1.85.